The zero-order valence-electron chi connectivity index (χ0n) is 22.7. The van der Waals surface area contributed by atoms with E-state index in [4.69, 9.17) is 40.9 Å². The fourth-order valence-electron chi connectivity index (χ4n) is 3.01. The third-order valence-electron chi connectivity index (χ3n) is 5.06. The Bertz CT molecular complexity index is 953. The molecule has 0 radical (unpaired) electrons. The van der Waals surface area contributed by atoms with Crippen molar-refractivity contribution in [2.24, 2.45) is 0 Å². The molecule has 0 fully saturated rings. The molecule has 0 saturated carbocycles. The van der Waals surface area contributed by atoms with Gasteiger partial charge in [-0.1, -0.05) is 0 Å². The van der Waals surface area contributed by atoms with Gasteiger partial charge in [-0.2, -0.15) is 0 Å². The summed E-state index contributed by atoms with van der Waals surface area (Å²) in [6, 6.07) is -6.00. The lowest BCUT2D eigenvalue weighted by Crippen LogP contribution is -2.50. The Hall–Kier alpha value is -4.44. The van der Waals surface area contributed by atoms with Gasteiger partial charge in [0.05, 0.1) is 31.8 Å². The SMILES string of the molecule is CC(CNC(CC(=O)O)C(=O)O)NC(CC(=O)O)C(=O)O.O=C(O)CC(NCC(O)CNC(CC(=O)O)C(=O)O)C(=O)O. The largest absolute Gasteiger partial charge is 0.481 e. The van der Waals surface area contributed by atoms with E-state index in [1.54, 1.807) is 0 Å². The Morgan fingerprint density at radius 2 is 0.721 bits per heavy atom. The first-order valence-corrected chi connectivity index (χ1v) is 12.2. The van der Waals surface area contributed by atoms with Crippen LogP contribution < -0.4 is 21.3 Å². The lowest BCUT2D eigenvalue weighted by atomic mass is 10.1. The van der Waals surface area contributed by atoms with Gasteiger partial charge in [0, 0.05) is 25.7 Å². The van der Waals surface area contributed by atoms with Gasteiger partial charge in [-0.05, 0) is 6.92 Å². The van der Waals surface area contributed by atoms with E-state index in [0.717, 1.165) is 0 Å². The first kappa shape index (κ1) is 40.7. The highest BCUT2D eigenvalue weighted by atomic mass is 16.4. The van der Waals surface area contributed by atoms with Gasteiger partial charge < -0.3 is 67.2 Å². The second-order valence-electron chi connectivity index (χ2n) is 8.90. The van der Waals surface area contributed by atoms with Crippen LogP contribution in [0.2, 0.25) is 0 Å². The van der Waals surface area contributed by atoms with Crippen molar-refractivity contribution in [3.8, 4) is 0 Å². The Balaban J connectivity index is 0. The van der Waals surface area contributed by atoms with E-state index >= 15 is 0 Å². The Labute approximate surface area is 242 Å². The smallest absolute Gasteiger partial charge is 0.321 e. The number of aliphatic carboxylic acids is 8. The van der Waals surface area contributed by atoms with Crippen molar-refractivity contribution in [1.82, 2.24) is 21.3 Å². The van der Waals surface area contributed by atoms with Gasteiger partial charge in [-0.15, -0.1) is 0 Å². The van der Waals surface area contributed by atoms with Crippen LogP contribution in [0.3, 0.4) is 0 Å². The molecule has 0 aliphatic rings. The number of aliphatic hydroxyl groups is 1. The molecule has 0 spiro atoms. The summed E-state index contributed by atoms with van der Waals surface area (Å²) in [5.41, 5.74) is 0. The molecule has 0 bridgehead atoms. The quantitative estimate of drug-likeness (QED) is 0.0509. The maximum Gasteiger partial charge on any atom is 0.321 e. The van der Waals surface area contributed by atoms with Crippen LogP contribution in [0.4, 0.5) is 0 Å². The zero-order valence-corrected chi connectivity index (χ0v) is 22.7. The summed E-state index contributed by atoms with van der Waals surface area (Å²) in [6.07, 6.45) is -3.86. The number of carbonyl (C=O) groups is 8. The first-order chi connectivity index (χ1) is 19.8. The van der Waals surface area contributed by atoms with E-state index in [1.807, 2.05) is 0 Å². The minimum absolute atomic E-state index is 0.0341. The Morgan fingerprint density at radius 1 is 0.465 bits per heavy atom. The van der Waals surface area contributed by atoms with Gasteiger partial charge in [0.25, 0.3) is 0 Å². The summed E-state index contributed by atoms with van der Waals surface area (Å²) < 4.78 is 0. The fourth-order valence-corrected chi connectivity index (χ4v) is 3.01. The molecule has 0 heterocycles. The van der Waals surface area contributed by atoms with Gasteiger partial charge in [-0.3, -0.25) is 38.4 Å². The van der Waals surface area contributed by atoms with Crippen LogP contribution in [0.25, 0.3) is 0 Å². The van der Waals surface area contributed by atoms with E-state index < -0.39 is 110 Å². The van der Waals surface area contributed by atoms with Crippen molar-refractivity contribution >= 4 is 47.8 Å². The number of carboxylic acid groups (broad SMARTS) is 8. The van der Waals surface area contributed by atoms with Crippen molar-refractivity contribution in [3.05, 3.63) is 0 Å². The summed E-state index contributed by atoms with van der Waals surface area (Å²) in [5.74, 6) is -10.7. The molecule has 0 aromatic rings. The van der Waals surface area contributed by atoms with Gasteiger partial charge in [-0.25, -0.2) is 0 Å². The first-order valence-electron chi connectivity index (χ1n) is 12.2. The number of carboxylic acids is 8. The summed E-state index contributed by atoms with van der Waals surface area (Å²) in [7, 11) is 0. The Kier molecular flexibility index (Phi) is 20.2. The highest BCUT2D eigenvalue weighted by Crippen LogP contribution is 1.98. The van der Waals surface area contributed by atoms with Gasteiger partial charge in [0.2, 0.25) is 0 Å². The molecule has 5 atom stereocenters. The van der Waals surface area contributed by atoms with Gasteiger partial charge >= 0.3 is 47.8 Å². The van der Waals surface area contributed by atoms with E-state index in [-0.39, 0.29) is 19.6 Å². The summed E-state index contributed by atoms with van der Waals surface area (Å²) in [5, 5.41) is 88.5. The van der Waals surface area contributed by atoms with E-state index in [0.29, 0.717) is 0 Å². The molecule has 0 rings (SSSR count). The molecular formula is C22H36N4O17. The third kappa shape index (κ3) is 21.9. The van der Waals surface area contributed by atoms with Crippen LogP contribution in [-0.4, -0.2) is 150 Å². The lowest BCUT2D eigenvalue weighted by Gasteiger charge is -2.21. The second-order valence-corrected chi connectivity index (χ2v) is 8.90. The topological polar surface area (TPSA) is 367 Å². The van der Waals surface area contributed by atoms with Crippen molar-refractivity contribution < 1.29 is 84.3 Å². The van der Waals surface area contributed by atoms with Crippen LogP contribution in [0.1, 0.15) is 32.6 Å². The van der Waals surface area contributed by atoms with E-state index in [2.05, 4.69) is 21.3 Å². The maximum atomic E-state index is 10.8. The molecule has 13 N–H and O–H groups in total. The average molecular weight is 629 g/mol. The highest BCUT2D eigenvalue weighted by molar-refractivity contribution is 5.82. The summed E-state index contributed by atoms with van der Waals surface area (Å²) in [6.45, 7) is 0.866. The molecular weight excluding hydrogens is 592 g/mol. The van der Waals surface area contributed by atoms with Crippen LogP contribution >= 0.6 is 0 Å². The minimum Gasteiger partial charge on any atom is -0.481 e. The molecule has 0 aliphatic heterocycles. The van der Waals surface area contributed by atoms with Gasteiger partial charge in [0.1, 0.15) is 24.2 Å². The monoisotopic (exact) mass is 628 g/mol. The van der Waals surface area contributed by atoms with Crippen LogP contribution in [-0.2, 0) is 38.4 Å². The molecule has 0 saturated heterocycles. The summed E-state index contributed by atoms with van der Waals surface area (Å²) in [4.78, 5) is 85.1. The number of aliphatic hydroxyl groups excluding tert-OH is 1. The molecule has 0 aromatic heterocycles. The molecule has 0 amide bonds. The molecule has 21 heteroatoms. The predicted molar refractivity (Wildman–Crippen MR) is 137 cm³/mol. The number of nitrogens with one attached hydrogen (secondary N) is 4. The molecule has 246 valence electrons. The van der Waals surface area contributed by atoms with Crippen molar-refractivity contribution in [1.29, 1.82) is 0 Å². The van der Waals surface area contributed by atoms with E-state index in [9.17, 15) is 43.5 Å². The number of hydrogen-bond donors (Lipinski definition) is 13. The molecule has 0 aliphatic carbocycles. The van der Waals surface area contributed by atoms with Crippen LogP contribution in [0.5, 0.6) is 0 Å². The average Bonchev–Trinajstić information content (AvgIpc) is 2.85. The zero-order chi connectivity index (χ0) is 33.9. The Morgan fingerprint density at radius 3 is 0.977 bits per heavy atom. The predicted octanol–water partition coefficient (Wildman–Crippen LogP) is -4.21. The normalized spacial score (nSPS) is 14.8. The standard InChI is InChI=1S/C11H18N2O9.C11H18N2O8/c14-5(3-12-6(10(19)20)1-8(15)16)4-13-7(11(21)22)2-9(17)18;1-5(13-7(11(20)21)3-9(16)17)4-12-6(10(18)19)2-8(14)15/h5-7,12-14H,1-4H2,(H,15,16)(H,17,18)(H,19,20)(H,21,22);5-7,12-13H,2-4H2,1H3,(H,14,15)(H,16,17)(H,18,19)(H,20,21). The van der Waals surface area contributed by atoms with Crippen molar-refractivity contribution in [2.75, 3.05) is 19.6 Å². The van der Waals surface area contributed by atoms with Crippen molar-refractivity contribution in [3.63, 3.8) is 0 Å². The third-order valence-corrected chi connectivity index (χ3v) is 5.06. The molecule has 5 unspecified atom stereocenters. The van der Waals surface area contributed by atoms with E-state index in [1.165, 1.54) is 6.92 Å². The summed E-state index contributed by atoms with van der Waals surface area (Å²) >= 11 is 0. The second kappa shape index (κ2) is 21.3. The van der Waals surface area contributed by atoms with Gasteiger partial charge in [0.15, 0.2) is 0 Å². The van der Waals surface area contributed by atoms with Crippen LogP contribution in [0, 0.1) is 0 Å². The fraction of sp³-hybridized carbons (Fsp3) is 0.636. The van der Waals surface area contributed by atoms with Crippen LogP contribution in [0.15, 0.2) is 0 Å². The van der Waals surface area contributed by atoms with Crippen molar-refractivity contribution in [2.45, 2.75) is 68.9 Å². The molecule has 0 aromatic carbocycles. The minimum atomic E-state index is -1.41. The number of hydrogen-bond acceptors (Lipinski definition) is 13. The molecule has 43 heavy (non-hydrogen) atoms. The molecule has 21 nitrogen and oxygen atoms in total. The maximum absolute atomic E-state index is 10.8. The lowest BCUT2D eigenvalue weighted by molar-refractivity contribution is -0.146. The number of rotatable bonds is 23. The highest BCUT2D eigenvalue weighted by Gasteiger charge is 2.26.